The van der Waals surface area contributed by atoms with E-state index >= 15 is 0 Å². The maximum absolute atomic E-state index is 12.5. The highest BCUT2D eigenvalue weighted by Gasteiger charge is 2.62. The predicted molar refractivity (Wildman–Crippen MR) is 215 cm³/mol. The molecule has 8 atom stereocenters. The predicted octanol–water partition coefficient (Wildman–Crippen LogP) is 6.56. The van der Waals surface area contributed by atoms with Gasteiger partial charge in [-0.25, -0.2) is 9.59 Å². The van der Waals surface area contributed by atoms with Gasteiger partial charge in [-0.2, -0.15) is 0 Å². The van der Waals surface area contributed by atoms with Crippen molar-refractivity contribution in [1.29, 1.82) is 0 Å². The molecule has 324 valence electrons. The van der Waals surface area contributed by atoms with Gasteiger partial charge in [0.05, 0.1) is 24.0 Å². The second kappa shape index (κ2) is 20.0. The van der Waals surface area contributed by atoms with Crippen LogP contribution in [0.3, 0.4) is 0 Å². The minimum atomic E-state index is -0.423. The van der Waals surface area contributed by atoms with E-state index in [0.717, 1.165) is 75.4 Å². The molecule has 4 aliphatic heterocycles. The fraction of sp³-hybridized carbons (Fsp3) is 0.696. The van der Waals surface area contributed by atoms with Crippen molar-refractivity contribution in [1.82, 2.24) is 5.32 Å². The van der Waals surface area contributed by atoms with Crippen molar-refractivity contribution in [2.45, 2.75) is 171 Å². The van der Waals surface area contributed by atoms with E-state index in [4.69, 9.17) is 28.4 Å². The van der Waals surface area contributed by atoms with Gasteiger partial charge in [-0.15, -0.1) is 0 Å². The summed E-state index contributed by atoms with van der Waals surface area (Å²) < 4.78 is 34.2. The summed E-state index contributed by atoms with van der Waals surface area (Å²) in [6.07, 6.45) is 15.3. The number of hydrogen-bond acceptors (Lipinski definition) is 12. The summed E-state index contributed by atoms with van der Waals surface area (Å²) in [5.41, 5.74) is 2.29. The monoisotopic (exact) mass is 821 g/mol. The number of fused-ring (bicyclic) bond motifs is 6. The number of carbonyl (C=O) groups excluding carboxylic acids is 6. The Labute approximate surface area is 348 Å². The average molecular weight is 822 g/mol. The van der Waals surface area contributed by atoms with Crippen molar-refractivity contribution in [2.75, 3.05) is 19.8 Å². The average Bonchev–Trinajstić information content (AvgIpc) is 4.02. The lowest BCUT2D eigenvalue weighted by molar-refractivity contribution is -0.144. The molecule has 0 unspecified atom stereocenters. The van der Waals surface area contributed by atoms with Crippen LogP contribution in [0.15, 0.2) is 47.6 Å². The maximum Gasteiger partial charge on any atom is 0.334 e. The van der Waals surface area contributed by atoms with E-state index < -0.39 is 5.97 Å². The SMILES string of the molecule is C=C1C(=O)O[C@H]2[C@H]1CC/C(COC(=O)CCC(=O)CCCCCCCCNC(=O)CCC(=O)OC/C1=C/CC[C@@]3(C)O[C@H]3[C@H]3OC(=O)C(=C)[C@@H]3CC1)=C\CC[C@@]1(C)O[C@@H]21. The van der Waals surface area contributed by atoms with Crippen LogP contribution < -0.4 is 5.32 Å². The lowest BCUT2D eigenvalue weighted by Crippen LogP contribution is -2.29. The van der Waals surface area contributed by atoms with Gasteiger partial charge in [0.2, 0.25) is 5.91 Å². The Morgan fingerprint density at radius 2 is 1.15 bits per heavy atom. The van der Waals surface area contributed by atoms with Gasteiger partial charge in [-0.05, 0) is 89.2 Å². The normalized spacial score (nSPS) is 32.9. The van der Waals surface area contributed by atoms with Crippen LogP contribution >= 0.6 is 0 Å². The maximum atomic E-state index is 12.5. The number of esters is 4. The molecule has 1 N–H and O–H groups in total. The van der Waals surface area contributed by atoms with Crippen LogP contribution in [0.2, 0.25) is 0 Å². The number of ether oxygens (including phenoxy) is 6. The summed E-state index contributed by atoms with van der Waals surface area (Å²) in [7, 11) is 0. The molecule has 0 aromatic rings. The zero-order valence-electron chi connectivity index (χ0n) is 35.0. The molecule has 59 heavy (non-hydrogen) atoms. The molecule has 4 saturated heterocycles. The number of epoxide rings is 2. The van der Waals surface area contributed by atoms with Crippen molar-refractivity contribution in [3.63, 3.8) is 0 Å². The van der Waals surface area contributed by atoms with Crippen molar-refractivity contribution in [3.8, 4) is 0 Å². The molecule has 13 heteroatoms. The second-order valence-electron chi connectivity index (χ2n) is 17.7. The topological polar surface area (TPSA) is 176 Å². The van der Waals surface area contributed by atoms with Crippen LogP contribution in [-0.2, 0) is 57.2 Å². The van der Waals surface area contributed by atoms with Crippen molar-refractivity contribution in [2.24, 2.45) is 11.8 Å². The lowest BCUT2D eigenvalue weighted by Gasteiger charge is -2.20. The zero-order valence-corrected chi connectivity index (χ0v) is 35.0. The molecule has 4 fully saturated rings. The first-order valence-corrected chi connectivity index (χ1v) is 21.9. The molecule has 13 nitrogen and oxygen atoms in total. The largest absolute Gasteiger partial charge is 0.461 e. The second-order valence-corrected chi connectivity index (χ2v) is 17.7. The first-order valence-electron chi connectivity index (χ1n) is 21.9. The molecule has 4 heterocycles. The smallest absolute Gasteiger partial charge is 0.334 e. The minimum Gasteiger partial charge on any atom is -0.461 e. The molecule has 1 amide bonds. The Morgan fingerprint density at radius 3 is 1.68 bits per heavy atom. The number of rotatable bonds is 19. The summed E-state index contributed by atoms with van der Waals surface area (Å²) in [4.78, 5) is 74.1. The first-order chi connectivity index (χ1) is 28.3. The van der Waals surface area contributed by atoms with E-state index in [1.54, 1.807) is 0 Å². The Bertz CT molecular complexity index is 1590. The molecule has 0 radical (unpaired) electrons. The number of carbonyl (C=O) groups is 6. The van der Waals surface area contributed by atoms with Gasteiger partial charge in [-0.1, -0.05) is 51.0 Å². The highest BCUT2D eigenvalue weighted by atomic mass is 16.7. The number of ketones is 1. The standard InChI is InChI=1S/C46H63NO12/c1-29-34-19-16-31(13-11-24-45(3)41(58-45)39(34)56-43(29)52)27-54-37(50)22-18-33(48)15-9-7-5-6-8-10-26-47-36(49)21-23-38(51)55-28-32-14-12-25-46(4)42(59-46)40-35(20-17-32)30(2)44(53)57-40/h13-14,34-35,39-42H,1-2,5-12,15-28H2,3-4H3,(H,47,49)/b31-13+,32-14+/t34-,35-,39-,40-,41-,42-,45+,46+/m0/s1. The minimum absolute atomic E-state index is 0.00415. The van der Waals surface area contributed by atoms with Crippen LogP contribution in [0, 0.1) is 11.8 Å². The van der Waals surface area contributed by atoms with Crippen LogP contribution in [0.4, 0.5) is 0 Å². The third kappa shape index (κ3) is 12.0. The van der Waals surface area contributed by atoms with E-state index in [2.05, 4.69) is 30.6 Å². The molecule has 2 aliphatic carbocycles. The summed E-state index contributed by atoms with van der Waals surface area (Å²) in [5, 5.41) is 2.88. The Kier molecular flexibility index (Phi) is 15.0. The fourth-order valence-electron chi connectivity index (χ4n) is 9.05. The van der Waals surface area contributed by atoms with E-state index in [0.29, 0.717) is 49.8 Å². The van der Waals surface area contributed by atoms with E-state index in [1.165, 1.54) is 0 Å². The lowest BCUT2D eigenvalue weighted by atomic mass is 9.84. The highest BCUT2D eigenvalue weighted by molar-refractivity contribution is 5.91. The zero-order chi connectivity index (χ0) is 42.2. The fourth-order valence-corrected chi connectivity index (χ4v) is 9.05. The molecule has 6 rings (SSSR count). The Hall–Kier alpha value is -4.10. The first kappa shape index (κ1) is 44.5. The van der Waals surface area contributed by atoms with Crippen LogP contribution in [-0.4, -0.2) is 90.9 Å². The number of Topliss-reactive ketones (excluding diaryl/α,β-unsaturated/α-hetero) is 1. The summed E-state index contributed by atoms with van der Waals surface area (Å²) in [6.45, 7) is 12.8. The number of hydrogen-bond donors (Lipinski definition) is 1. The highest BCUT2D eigenvalue weighted by Crippen LogP contribution is 2.51. The number of allylic oxidation sites excluding steroid dienone is 2. The molecule has 0 spiro atoms. The van der Waals surface area contributed by atoms with Gasteiger partial charge in [0.15, 0.2) is 0 Å². The Balaban J connectivity index is 0.747. The van der Waals surface area contributed by atoms with E-state index in [1.807, 2.05) is 13.8 Å². The van der Waals surface area contributed by atoms with E-state index in [9.17, 15) is 28.8 Å². The van der Waals surface area contributed by atoms with Gasteiger partial charge in [-0.3, -0.25) is 19.2 Å². The van der Waals surface area contributed by atoms with Crippen molar-refractivity contribution < 1.29 is 57.2 Å². The number of nitrogens with one attached hydrogen (secondary N) is 1. The summed E-state index contributed by atoms with van der Waals surface area (Å²) >= 11 is 0. The van der Waals surface area contributed by atoms with Gasteiger partial charge < -0.3 is 33.7 Å². The number of amides is 1. The summed E-state index contributed by atoms with van der Waals surface area (Å²) in [5.74, 6) is -1.89. The molecule has 6 aliphatic rings. The van der Waals surface area contributed by atoms with Gasteiger partial charge >= 0.3 is 23.9 Å². The molecule has 0 aromatic heterocycles. The van der Waals surface area contributed by atoms with Crippen molar-refractivity contribution >= 4 is 35.6 Å². The van der Waals surface area contributed by atoms with Crippen LogP contribution in [0.5, 0.6) is 0 Å². The van der Waals surface area contributed by atoms with Gasteiger partial charge in [0.25, 0.3) is 0 Å². The third-order valence-electron chi connectivity index (χ3n) is 13.1. The van der Waals surface area contributed by atoms with Gasteiger partial charge in [0.1, 0.15) is 43.4 Å². The third-order valence-corrected chi connectivity index (χ3v) is 13.1. The molecule has 0 bridgehead atoms. The molecule has 0 saturated carbocycles. The molecule has 0 aromatic carbocycles. The molecular weight excluding hydrogens is 759 g/mol. The van der Waals surface area contributed by atoms with Crippen molar-refractivity contribution in [3.05, 3.63) is 47.6 Å². The Morgan fingerprint density at radius 1 is 0.678 bits per heavy atom. The summed E-state index contributed by atoms with van der Waals surface area (Å²) in [6, 6.07) is 0. The van der Waals surface area contributed by atoms with Crippen LogP contribution in [0.25, 0.3) is 0 Å². The van der Waals surface area contributed by atoms with E-state index in [-0.39, 0.29) is 116 Å². The van der Waals surface area contributed by atoms with Crippen LogP contribution in [0.1, 0.15) is 136 Å². The quantitative estimate of drug-likeness (QED) is 0.0372. The molecular formula is C46H63NO12. The number of unbranched alkanes of at least 4 members (excludes halogenated alkanes) is 5. The van der Waals surface area contributed by atoms with Gasteiger partial charge in [0, 0.05) is 48.8 Å².